The molecule has 0 aliphatic rings. The molecule has 0 saturated carbocycles. The Morgan fingerprint density at radius 2 is 1.67 bits per heavy atom. The van der Waals surface area contributed by atoms with Crippen molar-refractivity contribution in [1.29, 1.82) is 0 Å². The number of carbonyl (C=O) groups is 1. The van der Waals surface area contributed by atoms with Gasteiger partial charge in [-0.15, -0.1) is 0 Å². The fourth-order valence-corrected chi connectivity index (χ4v) is 2.01. The summed E-state index contributed by atoms with van der Waals surface area (Å²) < 4.78 is 26.3. The second-order valence-corrected chi connectivity index (χ2v) is 4.26. The standard InChI is InChI=1S/C14H9ClF2O/c1-8(18)9-4-2-3-5-10(9)11-6-13(16)14(17)7-12(11)15/h2-7H,1H3. The van der Waals surface area contributed by atoms with Gasteiger partial charge in [0.2, 0.25) is 0 Å². The predicted octanol–water partition coefficient (Wildman–Crippen LogP) is 4.49. The lowest BCUT2D eigenvalue weighted by atomic mass is 9.97. The first-order valence-electron chi connectivity index (χ1n) is 5.25. The van der Waals surface area contributed by atoms with Crippen LogP contribution in [-0.2, 0) is 0 Å². The molecule has 18 heavy (non-hydrogen) atoms. The molecule has 0 aliphatic carbocycles. The van der Waals surface area contributed by atoms with Crippen LogP contribution < -0.4 is 0 Å². The van der Waals surface area contributed by atoms with Crippen molar-refractivity contribution in [2.45, 2.75) is 6.92 Å². The summed E-state index contributed by atoms with van der Waals surface area (Å²) in [6.45, 7) is 1.41. The van der Waals surface area contributed by atoms with Gasteiger partial charge in [-0.25, -0.2) is 8.78 Å². The number of Topliss-reactive ketones (excluding diaryl/α,β-unsaturated/α-hetero) is 1. The summed E-state index contributed by atoms with van der Waals surface area (Å²) in [7, 11) is 0. The summed E-state index contributed by atoms with van der Waals surface area (Å²) in [6, 6.07) is 8.58. The average Bonchev–Trinajstić information content (AvgIpc) is 2.34. The SMILES string of the molecule is CC(=O)c1ccccc1-c1cc(F)c(F)cc1Cl. The van der Waals surface area contributed by atoms with Gasteiger partial charge < -0.3 is 0 Å². The van der Waals surface area contributed by atoms with E-state index in [1.54, 1.807) is 24.3 Å². The van der Waals surface area contributed by atoms with Crippen LogP contribution in [0.15, 0.2) is 36.4 Å². The van der Waals surface area contributed by atoms with E-state index < -0.39 is 11.6 Å². The Balaban J connectivity index is 2.69. The van der Waals surface area contributed by atoms with Gasteiger partial charge in [0, 0.05) is 11.1 Å². The highest BCUT2D eigenvalue weighted by molar-refractivity contribution is 6.33. The van der Waals surface area contributed by atoms with Gasteiger partial charge in [0.1, 0.15) is 0 Å². The molecule has 0 unspecified atom stereocenters. The van der Waals surface area contributed by atoms with Crippen molar-refractivity contribution in [3.05, 3.63) is 58.6 Å². The highest BCUT2D eigenvalue weighted by atomic mass is 35.5. The van der Waals surface area contributed by atoms with Crippen LogP contribution >= 0.6 is 11.6 Å². The Morgan fingerprint density at radius 3 is 2.33 bits per heavy atom. The van der Waals surface area contributed by atoms with Crippen LogP contribution in [0, 0.1) is 11.6 Å². The monoisotopic (exact) mass is 266 g/mol. The normalized spacial score (nSPS) is 10.4. The molecule has 0 amide bonds. The zero-order valence-electron chi connectivity index (χ0n) is 9.51. The van der Waals surface area contributed by atoms with E-state index in [0.717, 1.165) is 12.1 Å². The van der Waals surface area contributed by atoms with Crippen molar-refractivity contribution in [2.24, 2.45) is 0 Å². The molecule has 1 nitrogen and oxygen atoms in total. The fourth-order valence-electron chi connectivity index (χ4n) is 1.75. The maximum atomic E-state index is 13.3. The van der Waals surface area contributed by atoms with Gasteiger partial charge in [0.25, 0.3) is 0 Å². The molecule has 0 bridgehead atoms. The molecule has 0 aliphatic heterocycles. The molecule has 92 valence electrons. The summed E-state index contributed by atoms with van der Waals surface area (Å²) >= 11 is 5.89. The number of hydrogen-bond donors (Lipinski definition) is 0. The average molecular weight is 267 g/mol. The molecule has 2 rings (SSSR count). The molecule has 0 aromatic heterocycles. The first kappa shape index (κ1) is 12.7. The van der Waals surface area contributed by atoms with E-state index in [-0.39, 0.29) is 10.8 Å². The largest absolute Gasteiger partial charge is 0.294 e. The highest BCUT2D eigenvalue weighted by Gasteiger charge is 2.14. The van der Waals surface area contributed by atoms with E-state index in [0.29, 0.717) is 16.7 Å². The van der Waals surface area contributed by atoms with E-state index >= 15 is 0 Å². The number of hydrogen-bond acceptors (Lipinski definition) is 1. The Bertz CT molecular complexity index is 623. The van der Waals surface area contributed by atoms with Gasteiger partial charge in [0.05, 0.1) is 5.02 Å². The topological polar surface area (TPSA) is 17.1 Å². The molecular formula is C14H9ClF2O. The van der Waals surface area contributed by atoms with Crippen molar-refractivity contribution in [1.82, 2.24) is 0 Å². The van der Waals surface area contributed by atoms with Crippen LogP contribution in [0.3, 0.4) is 0 Å². The molecule has 2 aromatic carbocycles. The predicted molar refractivity (Wildman–Crippen MR) is 66.8 cm³/mol. The minimum atomic E-state index is -1.01. The Morgan fingerprint density at radius 1 is 1.06 bits per heavy atom. The van der Waals surface area contributed by atoms with Gasteiger partial charge in [-0.2, -0.15) is 0 Å². The van der Waals surface area contributed by atoms with Crippen molar-refractivity contribution >= 4 is 17.4 Å². The minimum Gasteiger partial charge on any atom is -0.294 e. The van der Waals surface area contributed by atoms with E-state index in [2.05, 4.69) is 0 Å². The van der Waals surface area contributed by atoms with Crippen LogP contribution in [-0.4, -0.2) is 5.78 Å². The molecule has 0 atom stereocenters. The van der Waals surface area contributed by atoms with Crippen molar-refractivity contribution in [2.75, 3.05) is 0 Å². The molecule has 0 radical (unpaired) electrons. The summed E-state index contributed by atoms with van der Waals surface area (Å²) in [4.78, 5) is 11.5. The highest BCUT2D eigenvalue weighted by Crippen LogP contribution is 2.32. The molecule has 2 aromatic rings. The zero-order chi connectivity index (χ0) is 13.3. The third-order valence-electron chi connectivity index (χ3n) is 2.61. The number of rotatable bonds is 2. The second kappa shape index (κ2) is 4.86. The van der Waals surface area contributed by atoms with Crippen molar-refractivity contribution in [3.8, 4) is 11.1 Å². The second-order valence-electron chi connectivity index (χ2n) is 3.85. The maximum Gasteiger partial charge on any atom is 0.160 e. The molecule has 4 heteroatoms. The Kier molecular flexibility index (Phi) is 3.43. The van der Waals surface area contributed by atoms with E-state index in [4.69, 9.17) is 11.6 Å². The Hall–Kier alpha value is -1.74. The smallest absolute Gasteiger partial charge is 0.160 e. The van der Waals surface area contributed by atoms with Gasteiger partial charge >= 0.3 is 0 Å². The first-order valence-corrected chi connectivity index (χ1v) is 5.63. The lowest BCUT2D eigenvalue weighted by molar-refractivity contribution is 0.101. The van der Waals surface area contributed by atoms with Crippen LogP contribution in [0.5, 0.6) is 0 Å². The van der Waals surface area contributed by atoms with Crippen molar-refractivity contribution < 1.29 is 13.6 Å². The number of halogens is 3. The third-order valence-corrected chi connectivity index (χ3v) is 2.92. The molecule has 0 saturated heterocycles. The number of carbonyl (C=O) groups excluding carboxylic acids is 1. The third kappa shape index (κ3) is 2.27. The minimum absolute atomic E-state index is 0.0719. The molecular weight excluding hydrogens is 258 g/mol. The maximum absolute atomic E-state index is 13.3. The van der Waals surface area contributed by atoms with Gasteiger partial charge in [-0.3, -0.25) is 4.79 Å². The Labute approximate surface area is 108 Å². The molecule has 0 spiro atoms. The van der Waals surface area contributed by atoms with Crippen LogP contribution in [0.4, 0.5) is 8.78 Å². The first-order chi connectivity index (χ1) is 8.50. The van der Waals surface area contributed by atoms with Crippen molar-refractivity contribution in [3.63, 3.8) is 0 Å². The fraction of sp³-hybridized carbons (Fsp3) is 0.0714. The number of ketones is 1. The van der Waals surface area contributed by atoms with E-state index in [1.807, 2.05) is 0 Å². The summed E-state index contributed by atoms with van der Waals surface area (Å²) in [5.74, 6) is -2.16. The van der Waals surface area contributed by atoms with Crippen LogP contribution in [0.2, 0.25) is 5.02 Å². The lowest BCUT2D eigenvalue weighted by Gasteiger charge is -2.09. The zero-order valence-corrected chi connectivity index (χ0v) is 10.3. The van der Waals surface area contributed by atoms with Gasteiger partial charge in [0.15, 0.2) is 17.4 Å². The molecule has 0 N–H and O–H groups in total. The quantitative estimate of drug-likeness (QED) is 0.578. The molecule has 0 heterocycles. The lowest BCUT2D eigenvalue weighted by Crippen LogP contribution is -1.97. The van der Waals surface area contributed by atoms with Gasteiger partial charge in [-0.1, -0.05) is 35.9 Å². The van der Waals surface area contributed by atoms with Gasteiger partial charge in [-0.05, 0) is 24.6 Å². The summed E-state index contributed by atoms with van der Waals surface area (Å²) in [6.07, 6.45) is 0. The van der Waals surface area contributed by atoms with E-state index in [9.17, 15) is 13.6 Å². The molecule has 0 fully saturated rings. The van der Waals surface area contributed by atoms with E-state index in [1.165, 1.54) is 6.92 Å². The van der Waals surface area contributed by atoms with Crippen LogP contribution in [0.1, 0.15) is 17.3 Å². The summed E-state index contributed by atoms with van der Waals surface area (Å²) in [5, 5.41) is 0.0719. The van der Waals surface area contributed by atoms with Crippen LogP contribution in [0.25, 0.3) is 11.1 Å². The number of benzene rings is 2. The summed E-state index contributed by atoms with van der Waals surface area (Å²) in [5.41, 5.74) is 1.22.